The lowest BCUT2D eigenvalue weighted by atomic mass is 9.85. The number of nitrogens with two attached hydrogens (primary N) is 1. The summed E-state index contributed by atoms with van der Waals surface area (Å²) in [5.41, 5.74) is 4.38. The number of nitrogens with one attached hydrogen (secondary N) is 6. The predicted molar refractivity (Wildman–Crippen MR) is 241 cm³/mol. The Hall–Kier alpha value is -6.67. The predicted octanol–water partition coefficient (Wildman–Crippen LogP) is 0.775. The van der Waals surface area contributed by atoms with Gasteiger partial charge in [0.1, 0.15) is 35.8 Å². The van der Waals surface area contributed by atoms with Gasteiger partial charge in [-0.15, -0.1) is 0 Å². The molecule has 0 saturated carbocycles. The Morgan fingerprint density at radius 3 is 1.84 bits per heavy atom. The van der Waals surface area contributed by atoms with Gasteiger partial charge in [0.05, 0.1) is 12.5 Å². The summed E-state index contributed by atoms with van der Waals surface area (Å²) in [4.78, 5) is 143. The third-order valence-corrected chi connectivity index (χ3v) is 10.6. The van der Waals surface area contributed by atoms with Gasteiger partial charge in [-0.2, -0.15) is 0 Å². The van der Waals surface area contributed by atoms with E-state index < -0.39 is 137 Å². The molecule has 0 fully saturated rings. The maximum absolute atomic E-state index is 14.4. The number of allylic oxidation sites excluding steroid dienone is 1. The van der Waals surface area contributed by atoms with E-state index in [2.05, 4.69) is 31.9 Å². The molecule has 1 aliphatic heterocycles. The number of ketones is 2. The first kappa shape index (κ1) is 56.5. The summed E-state index contributed by atoms with van der Waals surface area (Å²) in [7, 11) is 0. The van der Waals surface area contributed by atoms with Gasteiger partial charge >= 0.3 is 11.9 Å². The van der Waals surface area contributed by atoms with Gasteiger partial charge in [-0.05, 0) is 62.5 Å². The van der Waals surface area contributed by atoms with Crippen LogP contribution < -0.4 is 37.6 Å². The average molecular weight is 942 g/mol. The zero-order valence-electron chi connectivity index (χ0n) is 39.7. The summed E-state index contributed by atoms with van der Waals surface area (Å²) in [6.45, 7) is 15.2. The van der Waals surface area contributed by atoms with Crippen LogP contribution in [0.1, 0.15) is 118 Å². The number of aliphatic carboxylic acids is 2. The zero-order valence-corrected chi connectivity index (χ0v) is 39.7. The number of benzene rings is 1. The SMILES string of the molecule is CCCCC(NC(=O)[C@H](CC(C)C)NC(=O)[C@@H](NC(=O)[C@H](Cc1ccccc1C)NC(=O)[C@H](CCC(=O)O)NC(=O)[C@H](CC(=O)O)NC(=O)C1=CC(=O)CC(C)(C)O1)C(C)(C)C)C(=O)C(N)=O. The van der Waals surface area contributed by atoms with Crippen molar-refractivity contribution in [1.29, 1.82) is 0 Å². The molecule has 0 radical (unpaired) electrons. The number of ether oxygens (including phenoxy) is 1. The van der Waals surface area contributed by atoms with Crippen molar-refractivity contribution in [2.75, 3.05) is 0 Å². The van der Waals surface area contributed by atoms with E-state index in [0.29, 0.717) is 24.0 Å². The van der Waals surface area contributed by atoms with Crippen molar-refractivity contribution in [2.24, 2.45) is 17.1 Å². The molecule has 0 bridgehead atoms. The van der Waals surface area contributed by atoms with E-state index in [-0.39, 0.29) is 31.6 Å². The van der Waals surface area contributed by atoms with Gasteiger partial charge in [0.2, 0.25) is 35.3 Å². The molecule has 1 unspecified atom stereocenters. The second-order valence-electron chi connectivity index (χ2n) is 18.8. The maximum Gasteiger partial charge on any atom is 0.305 e. The monoisotopic (exact) mass is 941 g/mol. The summed E-state index contributed by atoms with van der Waals surface area (Å²) in [6, 6.07) is -2.09. The molecule has 1 aliphatic rings. The van der Waals surface area contributed by atoms with Gasteiger partial charge in [0.25, 0.3) is 11.8 Å². The molecule has 21 nitrogen and oxygen atoms in total. The minimum atomic E-state index is -1.86. The van der Waals surface area contributed by atoms with E-state index in [1.165, 1.54) is 0 Å². The number of aryl methyl sites for hydroxylation is 1. The molecule has 0 spiro atoms. The molecule has 370 valence electrons. The van der Waals surface area contributed by atoms with Crippen molar-refractivity contribution in [2.45, 2.75) is 162 Å². The van der Waals surface area contributed by atoms with Crippen LogP contribution in [0.5, 0.6) is 0 Å². The summed E-state index contributed by atoms with van der Waals surface area (Å²) in [5.74, 6) is -12.1. The third kappa shape index (κ3) is 19.0. The number of amides is 7. The number of hydrogen-bond donors (Lipinski definition) is 9. The van der Waals surface area contributed by atoms with Crippen LogP contribution in [-0.2, 0) is 63.9 Å². The molecule has 21 heteroatoms. The van der Waals surface area contributed by atoms with Crippen LogP contribution in [0.15, 0.2) is 36.1 Å². The quantitative estimate of drug-likeness (QED) is 0.0580. The first-order valence-corrected chi connectivity index (χ1v) is 22.1. The van der Waals surface area contributed by atoms with Gasteiger partial charge < -0.3 is 52.6 Å². The molecule has 0 aliphatic carbocycles. The number of carboxylic acid groups (broad SMARTS) is 2. The lowest BCUT2D eigenvalue weighted by molar-refractivity contribution is -0.142. The Morgan fingerprint density at radius 2 is 1.30 bits per heavy atom. The zero-order chi connectivity index (χ0) is 51.0. The first-order valence-electron chi connectivity index (χ1n) is 22.1. The highest BCUT2D eigenvalue weighted by Gasteiger charge is 2.39. The molecular weight excluding hydrogens is 875 g/mol. The van der Waals surface area contributed by atoms with Crippen LogP contribution in [-0.4, -0.2) is 117 Å². The minimum Gasteiger partial charge on any atom is -0.482 e. The normalized spacial score (nSPS) is 16.0. The Labute approximate surface area is 389 Å². The fraction of sp³-hybridized carbons (Fsp3) is 0.587. The Morgan fingerprint density at radius 1 is 0.746 bits per heavy atom. The van der Waals surface area contributed by atoms with Crippen molar-refractivity contribution in [1.82, 2.24) is 31.9 Å². The van der Waals surface area contributed by atoms with Crippen molar-refractivity contribution in [3.63, 3.8) is 0 Å². The topological polar surface area (TPSA) is 336 Å². The van der Waals surface area contributed by atoms with E-state index in [1.807, 2.05) is 6.92 Å². The molecule has 67 heavy (non-hydrogen) atoms. The van der Waals surface area contributed by atoms with Gasteiger partial charge in [-0.3, -0.25) is 52.7 Å². The Bertz CT molecular complexity index is 2080. The second kappa shape index (κ2) is 25.3. The minimum absolute atomic E-state index is 0.0575. The lowest BCUT2D eigenvalue weighted by Crippen LogP contribution is -2.62. The van der Waals surface area contributed by atoms with Gasteiger partial charge in [0, 0.05) is 25.3 Å². The second-order valence-corrected chi connectivity index (χ2v) is 18.8. The van der Waals surface area contributed by atoms with E-state index >= 15 is 0 Å². The molecule has 1 aromatic carbocycles. The molecule has 7 amide bonds. The molecule has 2 rings (SSSR count). The molecule has 0 aromatic heterocycles. The van der Waals surface area contributed by atoms with Crippen LogP contribution in [0.3, 0.4) is 0 Å². The van der Waals surface area contributed by atoms with Crippen molar-refractivity contribution < 1.29 is 67.7 Å². The summed E-state index contributed by atoms with van der Waals surface area (Å²) in [6.07, 6.45) is -0.262. The van der Waals surface area contributed by atoms with E-state index in [9.17, 15) is 63.0 Å². The Balaban J connectivity index is 2.51. The average Bonchev–Trinajstić information content (AvgIpc) is 3.20. The van der Waals surface area contributed by atoms with Crippen LogP contribution in [0.2, 0.25) is 0 Å². The Kier molecular flexibility index (Phi) is 21.3. The van der Waals surface area contributed by atoms with Gasteiger partial charge in [-0.1, -0.05) is 78.6 Å². The number of primary amides is 1. The summed E-state index contributed by atoms with van der Waals surface area (Å²) in [5, 5.41) is 34.1. The van der Waals surface area contributed by atoms with E-state index in [0.717, 1.165) is 6.08 Å². The summed E-state index contributed by atoms with van der Waals surface area (Å²) < 4.78 is 5.56. The molecule has 1 heterocycles. The summed E-state index contributed by atoms with van der Waals surface area (Å²) >= 11 is 0. The van der Waals surface area contributed by atoms with Crippen molar-refractivity contribution >= 4 is 64.9 Å². The first-order chi connectivity index (χ1) is 31.0. The number of carbonyl (C=O) groups is 11. The highest BCUT2D eigenvalue weighted by atomic mass is 16.5. The van der Waals surface area contributed by atoms with E-state index in [1.54, 1.807) is 79.7 Å². The van der Waals surface area contributed by atoms with Crippen molar-refractivity contribution in [3.05, 3.63) is 47.2 Å². The molecule has 0 saturated heterocycles. The fourth-order valence-corrected chi connectivity index (χ4v) is 7.05. The number of hydrogen-bond acceptors (Lipinski definition) is 12. The van der Waals surface area contributed by atoms with Crippen molar-refractivity contribution in [3.8, 4) is 0 Å². The third-order valence-electron chi connectivity index (χ3n) is 10.6. The standard InChI is InChI=1S/C46H67N7O14/c1-10-11-16-28(36(59)38(47)60)48-40(62)30(19-24(2)3)52-44(66)37(45(5,6)7)53-42(64)31(20-26-15-13-12-14-25(26)4)50-39(61)29(17-18-34(55)56)49-41(63)32(22-35(57)58)51-43(65)33-21-27(54)23-46(8,9)67-33/h12-15,21,24,28-32,37H,10-11,16-20,22-23H2,1-9H3,(H2,47,60)(H,48,62)(H,49,63)(H,50,61)(H,51,65)(H,52,66)(H,53,64)(H,55,56)(H,57,58)/t28?,29-,30-,31-,32-,37+/m0/s1. The fourth-order valence-electron chi connectivity index (χ4n) is 7.05. The molecular formula is C46H67N7O14. The smallest absolute Gasteiger partial charge is 0.305 e. The van der Waals surface area contributed by atoms with Crippen LogP contribution in [0.4, 0.5) is 0 Å². The highest BCUT2D eigenvalue weighted by molar-refractivity contribution is 6.37. The number of unbranched alkanes of at least 4 members (excludes halogenated alkanes) is 1. The number of Topliss-reactive ketones (excluding diaryl/α,β-unsaturated/α-hetero) is 1. The lowest BCUT2D eigenvalue weighted by Gasteiger charge is -2.34. The number of rotatable bonds is 26. The largest absolute Gasteiger partial charge is 0.482 e. The highest BCUT2D eigenvalue weighted by Crippen LogP contribution is 2.25. The van der Waals surface area contributed by atoms with E-state index in [4.69, 9.17) is 10.5 Å². The molecule has 1 aromatic rings. The molecule has 10 N–H and O–H groups in total. The van der Waals surface area contributed by atoms with Gasteiger partial charge in [-0.25, -0.2) is 0 Å². The number of carboxylic acids is 2. The van der Waals surface area contributed by atoms with Crippen LogP contribution in [0, 0.1) is 18.3 Å². The van der Waals surface area contributed by atoms with Crippen LogP contribution in [0.25, 0.3) is 0 Å². The number of carbonyl (C=O) groups excluding carboxylic acids is 9. The van der Waals surface area contributed by atoms with Crippen LogP contribution >= 0.6 is 0 Å². The maximum atomic E-state index is 14.4. The molecule has 6 atom stereocenters. The van der Waals surface area contributed by atoms with Gasteiger partial charge in [0.15, 0.2) is 11.5 Å².